The van der Waals surface area contributed by atoms with E-state index in [0.717, 1.165) is 45.2 Å². The molecule has 11 heteroatoms. The number of sulfonamides is 1. The van der Waals surface area contributed by atoms with E-state index in [4.69, 9.17) is 19.0 Å². The fraction of sp³-hybridized carbons (Fsp3) is 0.789. The molecule has 0 bridgehead atoms. The molecule has 0 aromatic carbocycles. The van der Waals surface area contributed by atoms with Crippen LogP contribution in [0, 0.1) is 5.92 Å². The molecule has 2 aliphatic rings. The molecule has 0 aliphatic carbocycles. The third kappa shape index (κ3) is 6.93. The van der Waals surface area contributed by atoms with Crippen LogP contribution in [0.4, 0.5) is 0 Å². The third-order valence-electron chi connectivity index (χ3n) is 5.17. The molecule has 10 nitrogen and oxygen atoms in total. The molecule has 1 aromatic heterocycles. The van der Waals surface area contributed by atoms with Gasteiger partial charge in [-0.15, -0.1) is 0 Å². The Hall–Kier alpha value is -1.69. The predicted octanol–water partition coefficient (Wildman–Crippen LogP) is 0.531. The van der Waals surface area contributed by atoms with Gasteiger partial charge >= 0.3 is 0 Å². The zero-order chi connectivity index (χ0) is 21.2. The lowest BCUT2D eigenvalue weighted by molar-refractivity contribution is 0.0892. The Kier molecular flexibility index (Phi) is 8.91. The van der Waals surface area contributed by atoms with Crippen LogP contribution in [0.15, 0.2) is 21.8 Å². The van der Waals surface area contributed by atoms with E-state index in [1.165, 1.54) is 10.6 Å². The quantitative estimate of drug-likeness (QED) is 0.317. The molecular formula is C19H33N5O5S. The average molecular weight is 444 g/mol. The molecular weight excluding hydrogens is 410 g/mol. The molecule has 0 spiro atoms. The van der Waals surface area contributed by atoms with E-state index in [-0.39, 0.29) is 5.75 Å². The third-order valence-corrected chi connectivity index (χ3v) is 6.99. The fourth-order valence-corrected chi connectivity index (χ4v) is 4.94. The first kappa shape index (κ1) is 23.0. The summed E-state index contributed by atoms with van der Waals surface area (Å²) in [6.07, 6.45) is 3.33. The second kappa shape index (κ2) is 11.6. The summed E-state index contributed by atoms with van der Waals surface area (Å²) in [5.74, 6) is 1.22. The van der Waals surface area contributed by atoms with Crippen LogP contribution in [0.25, 0.3) is 0 Å². The van der Waals surface area contributed by atoms with Crippen LogP contribution in [-0.2, 0) is 25.2 Å². The zero-order valence-corrected chi connectivity index (χ0v) is 18.5. The highest BCUT2D eigenvalue weighted by atomic mass is 32.2. The maximum atomic E-state index is 12.6. The molecule has 2 aliphatic heterocycles. The Morgan fingerprint density at radius 1 is 1.37 bits per heavy atom. The van der Waals surface area contributed by atoms with Crippen LogP contribution < -0.4 is 5.32 Å². The number of guanidine groups is 1. The van der Waals surface area contributed by atoms with Gasteiger partial charge in [-0.3, -0.25) is 4.99 Å². The lowest BCUT2D eigenvalue weighted by Gasteiger charge is -2.35. The van der Waals surface area contributed by atoms with Crippen molar-refractivity contribution in [1.82, 2.24) is 19.7 Å². The van der Waals surface area contributed by atoms with Crippen LogP contribution in [0.3, 0.4) is 0 Å². The van der Waals surface area contributed by atoms with Crippen molar-refractivity contribution in [2.75, 3.05) is 65.7 Å². The lowest BCUT2D eigenvalue weighted by atomic mass is 10.1. The summed E-state index contributed by atoms with van der Waals surface area (Å²) in [7, 11) is -3.40. The molecule has 2 saturated heterocycles. The number of piperazine rings is 1. The normalized spacial score (nSPS) is 21.3. The Morgan fingerprint density at radius 3 is 2.87 bits per heavy atom. The standard InChI is InChI=1S/C19H33N5O5S/c1-2-20-19(21-6-3-11-27-14-17-4-12-28-15-17)23-7-9-24(10-8-23)30(25,26)16-18-5-13-29-22-18/h5,13,17H,2-4,6-12,14-16H2,1H3,(H,20,21). The summed E-state index contributed by atoms with van der Waals surface area (Å²) in [6, 6.07) is 1.58. The van der Waals surface area contributed by atoms with E-state index < -0.39 is 10.0 Å². The second-order valence-corrected chi connectivity index (χ2v) is 9.50. The van der Waals surface area contributed by atoms with Crippen molar-refractivity contribution < 1.29 is 22.4 Å². The van der Waals surface area contributed by atoms with Gasteiger partial charge < -0.3 is 24.2 Å². The van der Waals surface area contributed by atoms with Gasteiger partial charge in [0.1, 0.15) is 12.0 Å². The van der Waals surface area contributed by atoms with Gasteiger partial charge in [0.25, 0.3) is 0 Å². The minimum absolute atomic E-state index is 0.134. The minimum atomic E-state index is -3.40. The first-order chi connectivity index (χ1) is 14.6. The molecule has 0 radical (unpaired) electrons. The van der Waals surface area contributed by atoms with E-state index in [2.05, 4.69) is 15.4 Å². The first-order valence-electron chi connectivity index (χ1n) is 10.6. The summed E-state index contributed by atoms with van der Waals surface area (Å²) in [6.45, 7) is 8.62. The van der Waals surface area contributed by atoms with Crippen LogP contribution in [0.5, 0.6) is 0 Å². The van der Waals surface area contributed by atoms with E-state index in [0.29, 0.717) is 50.9 Å². The average Bonchev–Trinajstić information content (AvgIpc) is 3.44. The monoisotopic (exact) mass is 443 g/mol. The predicted molar refractivity (Wildman–Crippen MR) is 113 cm³/mol. The molecule has 1 unspecified atom stereocenters. The largest absolute Gasteiger partial charge is 0.381 e. The zero-order valence-electron chi connectivity index (χ0n) is 17.7. The Morgan fingerprint density at radius 2 is 2.20 bits per heavy atom. The smallest absolute Gasteiger partial charge is 0.220 e. The van der Waals surface area contributed by atoms with E-state index in [1.54, 1.807) is 6.07 Å². The van der Waals surface area contributed by atoms with Gasteiger partial charge in [0.05, 0.1) is 18.9 Å². The molecule has 2 fully saturated rings. The molecule has 0 saturated carbocycles. The highest BCUT2D eigenvalue weighted by molar-refractivity contribution is 7.88. The minimum Gasteiger partial charge on any atom is -0.381 e. The van der Waals surface area contributed by atoms with Gasteiger partial charge in [0, 0.05) is 64.5 Å². The SMILES string of the molecule is CCNC(=NCCCOCC1CCOC1)N1CCN(S(=O)(=O)Cc2ccon2)CC1. The molecule has 1 N–H and O–H groups in total. The number of aliphatic imine (C=N–C) groups is 1. The van der Waals surface area contributed by atoms with E-state index in [1.807, 2.05) is 6.92 Å². The maximum absolute atomic E-state index is 12.6. The molecule has 30 heavy (non-hydrogen) atoms. The molecule has 3 rings (SSSR count). The summed E-state index contributed by atoms with van der Waals surface area (Å²) < 4.78 is 42.5. The Labute approximate surface area is 178 Å². The Bertz CT molecular complexity index is 741. The molecule has 3 heterocycles. The van der Waals surface area contributed by atoms with Gasteiger partial charge in [-0.05, 0) is 19.8 Å². The molecule has 1 aromatic rings. The van der Waals surface area contributed by atoms with Crippen LogP contribution in [0.2, 0.25) is 0 Å². The first-order valence-corrected chi connectivity index (χ1v) is 12.2. The maximum Gasteiger partial charge on any atom is 0.220 e. The van der Waals surface area contributed by atoms with Crippen molar-refractivity contribution >= 4 is 16.0 Å². The summed E-state index contributed by atoms with van der Waals surface area (Å²) in [5, 5.41) is 7.01. The van der Waals surface area contributed by atoms with E-state index >= 15 is 0 Å². The van der Waals surface area contributed by atoms with Gasteiger partial charge in [0.15, 0.2) is 5.96 Å². The van der Waals surface area contributed by atoms with Gasteiger partial charge in [-0.25, -0.2) is 8.42 Å². The van der Waals surface area contributed by atoms with E-state index in [9.17, 15) is 8.42 Å². The number of ether oxygens (including phenoxy) is 2. The lowest BCUT2D eigenvalue weighted by Crippen LogP contribution is -2.53. The van der Waals surface area contributed by atoms with Crippen LogP contribution >= 0.6 is 0 Å². The van der Waals surface area contributed by atoms with Crippen molar-refractivity contribution in [3.63, 3.8) is 0 Å². The van der Waals surface area contributed by atoms with Crippen molar-refractivity contribution in [3.8, 4) is 0 Å². The van der Waals surface area contributed by atoms with Crippen molar-refractivity contribution in [2.45, 2.75) is 25.5 Å². The number of rotatable bonds is 10. The fourth-order valence-electron chi connectivity index (χ4n) is 3.51. The van der Waals surface area contributed by atoms with Crippen LogP contribution in [0.1, 0.15) is 25.5 Å². The van der Waals surface area contributed by atoms with Crippen molar-refractivity contribution in [1.29, 1.82) is 0 Å². The second-order valence-electron chi connectivity index (χ2n) is 7.53. The topological polar surface area (TPSA) is 110 Å². The van der Waals surface area contributed by atoms with Crippen LogP contribution in [-0.4, -0.2) is 94.4 Å². The molecule has 170 valence electrons. The summed E-state index contributed by atoms with van der Waals surface area (Å²) >= 11 is 0. The number of nitrogens with zero attached hydrogens (tertiary/aromatic N) is 4. The molecule has 1 atom stereocenters. The molecule has 0 amide bonds. The number of nitrogens with one attached hydrogen (secondary N) is 1. The van der Waals surface area contributed by atoms with Crippen molar-refractivity contribution in [3.05, 3.63) is 18.0 Å². The summed E-state index contributed by atoms with van der Waals surface area (Å²) in [5.41, 5.74) is 0.426. The summed E-state index contributed by atoms with van der Waals surface area (Å²) in [4.78, 5) is 6.80. The van der Waals surface area contributed by atoms with Gasteiger partial charge in [-0.1, -0.05) is 5.16 Å². The Balaban J connectivity index is 1.41. The van der Waals surface area contributed by atoms with Gasteiger partial charge in [0.2, 0.25) is 10.0 Å². The number of hydrogen-bond acceptors (Lipinski definition) is 7. The highest BCUT2D eigenvalue weighted by Crippen LogP contribution is 2.13. The van der Waals surface area contributed by atoms with Crippen molar-refractivity contribution in [2.24, 2.45) is 10.9 Å². The van der Waals surface area contributed by atoms with Gasteiger partial charge in [-0.2, -0.15) is 4.31 Å². The number of aromatic nitrogens is 1. The highest BCUT2D eigenvalue weighted by Gasteiger charge is 2.29. The number of hydrogen-bond donors (Lipinski definition) is 1.